The fourth-order valence-corrected chi connectivity index (χ4v) is 2.42. The van der Waals surface area contributed by atoms with Crippen LogP contribution in [0.5, 0.6) is 5.75 Å². The Balaban J connectivity index is 1.95. The molecule has 1 atom stereocenters. The third-order valence-corrected chi connectivity index (χ3v) is 3.68. The number of hydrogen-bond donors (Lipinski definition) is 1. The third kappa shape index (κ3) is 3.47. The van der Waals surface area contributed by atoms with E-state index >= 15 is 0 Å². The van der Waals surface area contributed by atoms with Crippen LogP contribution in [0.25, 0.3) is 0 Å². The number of nitrogens with zero attached hydrogens (tertiary/aromatic N) is 1. The van der Waals surface area contributed by atoms with Gasteiger partial charge in [-0.2, -0.15) is 0 Å². The average molecular weight is 262 g/mol. The van der Waals surface area contributed by atoms with Gasteiger partial charge >= 0.3 is 0 Å². The second kappa shape index (κ2) is 6.06. The number of carbonyl (C=O) groups is 1. The lowest BCUT2D eigenvalue weighted by molar-refractivity contribution is -0.127. The minimum atomic E-state index is 0.122. The summed E-state index contributed by atoms with van der Waals surface area (Å²) < 4.78 is 5.26. The molecule has 1 aromatic carbocycles. The second-order valence-electron chi connectivity index (χ2n) is 5.24. The van der Waals surface area contributed by atoms with Crippen molar-refractivity contribution in [1.82, 2.24) is 10.2 Å². The van der Waals surface area contributed by atoms with Gasteiger partial charge in [-0.25, -0.2) is 0 Å². The molecule has 1 N–H and O–H groups in total. The molecule has 1 unspecified atom stereocenters. The van der Waals surface area contributed by atoms with E-state index in [1.54, 1.807) is 26.1 Å². The number of carbonyl (C=O) groups excluding carboxylic acids is 1. The molecule has 1 aliphatic rings. The van der Waals surface area contributed by atoms with Gasteiger partial charge < -0.3 is 15.0 Å². The van der Waals surface area contributed by atoms with Crippen LogP contribution in [0.4, 0.5) is 0 Å². The number of nitrogens with one attached hydrogen (secondary N) is 1. The number of rotatable bonds is 4. The molecule has 0 bridgehead atoms. The van der Waals surface area contributed by atoms with E-state index in [2.05, 4.69) is 17.4 Å². The van der Waals surface area contributed by atoms with E-state index in [0.717, 1.165) is 25.0 Å². The molecule has 19 heavy (non-hydrogen) atoms. The summed E-state index contributed by atoms with van der Waals surface area (Å²) in [5.41, 5.74) is 2.73. The van der Waals surface area contributed by atoms with Crippen molar-refractivity contribution in [2.45, 2.75) is 25.3 Å². The smallest absolute Gasteiger partial charge is 0.236 e. The van der Waals surface area contributed by atoms with E-state index < -0.39 is 0 Å². The highest BCUT2D eigenvalue weighted by atomic mass is 16.5. The molecule has 2 rings (SSSR count). The molecule has 4 nitrogen and oxygen atoms in total. The minimum absolute atomic E-state index is 0.122. The first-order valence-electron chi connectivity index (χ1n) is 6.69. The summed E-state index contributed by atoms with van der Waals surface area (Å²) in [6.45, 7) is 0.414. The number of methoxy groups -OCH3 is 1. The maximum atomic E-state index is 11.6. The predicted molar refractivity (Wildman–Crippen MR) is 75.5 cm³/mol. The molecule has 0 aromatic heterocycles. The number of likely N-dealkylation sites (N-methyl/N-ethyl adjacent to an activating group) is 1. The van der Waals surface area contributed by atoms with E-state index in [4.69, 9.17) is 4.74 Å². The van der Waals surface area contributed by atoms with Crippen LogP contribution in [0.3, 0.4) is 0 Å². The van der Waals surface area contributed by atoms with Crippen LogP contribution in [0.1, 0.15) is 17.5 Å². The number of benzene rings is 1. The Kier molecular flexibility index (Phi) is 4.43. The topological polar surface area (TPSA) is 41.6 Å². The first-order valence-corrected chi connectivity index (χ1v) is 6.69. The van der Waals surface area contributed by atoms with E-state index in [-0.39, 0.29) is 5.91 Å². The van der Waals surface area contributed by atoms with Crippen LogP contribution in [0.15, 0.2) is 18.2 Å². The van der Waals surface area contributed by atoms with E-state index in [1.807, 2.05) is 6.07 Å². The highest BCUT2D eigenvalue weighted by Gasteiger charge is 2.19. The quantitative estimate of drug-likeness (QED) is 0.887. The predicted octanol–water partition coefficient (Wildman–Crippen LogP) is 1.23. The van der Waals surface area contributed by atoms with Crippen molar-refractivity contribution in [1.29, 1.82) is 0 Å². The Morgan fingerprint density at radius 2 is 2.21 bits per heavy atom. The molecule has 0 spiro atoms. The van der Waals surface area contributed by atoms with Crippen molar-refractivity contribution in [3.8, 4) is 5.75 Å². The number of aryl methyl sites for hydroxylation is 1. The molecular formula is C15H22N2O2. The monoisotopic (exact) mass is 262 g/mol. The van der Waals surface area contributed by atoms with Crippen molar-refractivity contribution in [3.63, 3.8) is 0 Å². The van der Waals surface area contributed by atoms with E-state index in [0.29, 0.717) is 12.6 Å². The first kappa shape index (κ1) is 13.9. The van der Waals surface area contributed by atoms with Crippen molar-refractivity contribution in [2.24, 2.45) is 0 Å². The van der Waals surface area contributed by atoms with Gasteiger partial charge in [0.2, 0.25) is 5.91 Å². The summed E-state index contributed by atoms with van der Waals surface area (Å²) in [5.74, 6) is 1.03. The molecule has 4 heteroatoms. The average Bonchev–Trinajstić information content (AvgIpc) is 2.43. The van der Waals surface area contributed by atoms with Gasteiger partial charge in [0.25, 0.3) is 0 Å². The Morgan fingerprint density at radius 3 is 2.89 bits per heavy atom. The summed E-state index contributed by atoms with van der Waals surface area (Å²) in [6.07, 6.45) is 3.11. The molecule has 0 aliphatic heterocycles. The van der Waals surface area contributed by atoms with Gasteiger partial charge in [0.05, 0.1) is 13.7 Å². The zero-order valence-corrected chi connectivity index (χ0v) is 11.9. The van der Waals surface area contributed by atoms with Gasteiger partial charge in [0, 0.05) is 20.1 Å². The lowest BCUT2D eigenvalue weighted by Gasteiger charge is -2.26. The molecule has 104 valence electrons. The summed E-state index contributed by atoms with van der Waals surface area (Å²) >= 11 is 0. The van der Waals surface area contributed by atoms with Crippen LogP contribution < -0.4 is 10.1 Å². The Hall–Kier alpha value is -1.55. The normalized spacial score (nSPS) is 17.7. The molecule has 0 saturated carbocycles. The number of hydrogen-bond acceptors (Lipinski definition) is 3. The SMILES string of the molecule is COc1ccc2c(c1)CC(NCC(=O)N(C)C)CC2. The number of ether oxygens (including phenoxy) is 1. The highest BCUT2D eigenvalue weighted by molar-refractivity contribution is 5.77. The number of fused-ring (bicyclic) bond motifs is 1. The van der Waals surface area contributed by atoms with Gasteiger partial charge in [-0.3, -0.25) is 4.79 Å². The molecular weight excluding hydrogens is 240 g/mol. The Labute approximate surface area is 114 Å². The molecule has 0 saturated heterocycles. The molecule has 1 aromatic rings. The van der Waals surface area contributed by atoms with Gasteiger partial charge in [0.1, 0.15) is 5.75 Å². The minimum Gasteiger partial charge on any atom is -0.497 e. The molecule has 1 aliphatic carbocycles. The fraction of sp³-hybridized carbons (Fsp3) is 0.533. The van der Waals surface area contributed by atoms with Gasteiger partial charge in [-0.05, 0) is 42.5 Å². The van der Waals surface area contributed by atoms with E-state index in [9.17, 15) is 4.79 Å². The lowest BCUT2D eigenvalue weighted by Crippen LogP contribution is -2.41. The van der Waals surface area contributed by atoms with Gasteiger partial charge in [0.15, 0.2) is 0 Å². The molecule has 0 heterocycles. The maximum Gasteiger partial charge on any atom is 0.236 e. The summed E-state index contributed by atoms with van der Waals surface area (Å²) in [6, 6.07) is 6.65. The van der Waals surface area contributed by atoms with Crippen molar-refractivity contribution in [3.05, 3.63) is 29.3 Å². The molecule has 0 fully saturated rings. The van der Waals surface area contributed by atoms with Crippen LogP contribution >= 0.6 is 0 Å². The molecule has 0 radical (unpaired) electrons. The lowest BCUT2D eigenvalue weighted by atomic mass is 9.88. The van der Waals surface area contributed by atoms with Crippen LogP contribution in [-0.4, -0.2) is 44.6 Å². The van der Waals surface area contributed by atoms with Crippen LogP contribution in [-0.2, 0) is 17.6 Å². The van der Waals surface area contributed by atoms with E-state index in [1.165, 1.54) is 11.1 Å². The number of amides is 1. The third-order valence-electron chi connectivity index (χ3n) is 3.68. The second-order valence-corrected chi connectivity index (χ2v) is 5.24. The standard InChI is InChI=1S/C15H22N2O2/c1-17(2)15(18)10-16-13-6-4-11-5-7-14(19-3)9-12(11)8-13/h5,7,9,13,16H,4,6,8,10H2,1-3H3. The first-order chi connectivity index (χ1) is 9.10. The zero-order valence-electron chi connectivity index (χ0n) is 11.9. The van der Waals surface area contributed by atoms with Crippen LogP contribution in [0, 0.1) is 0 Å². The Bertz CT molecular complexity index is 457. The summed E-state index contributed by atoms with van der Waals surface area (Å²) in [7, 11) is 5.26. The fourth-order valence-electron chi connectivity index (χ4n) is 2.42. The van der Waals surface area contributed by atoms with Crippen molar-refractivity contribution in [2.75, 3.05) is 27.7 Å². The summed E-state index contributed by atoms with van der Waals surface area (Å²) in [4.78, 5) is 13.2. The Morgan fingerprint density at radius 1 is 1.42 bits per heavy atom. The summed E-state index contributed by atoms with van der Waals surface area (Å²) in [5, 5.41) is 3.35. The molecule has 1 amide bonds. The maximum absolute atomic E-state index is 11.6. The zero-order chi connectivity index (χ0) is 13.8. The highest BCUT2D eigenvalue weighted by Crippen LogP contribution is 2.25. The van der Waals surface area contributed by atoms with Crippen molar-refractivity contribution >= 4 is 5.91 Å². The van der Waals surface area contributed by atoms with Gasteiger partial charge in [-0.1, -0.05) is 6.07 Å². The van der Waals surface area contributed by atoms with Crippen molar-refractivity contribution < 1.29 is 9.53 Å². The van der Waals surface area contributed by atoms with Crippen LogP contribution in [0.2, 0.25) is 0 Å². The largest absolute Gasteiger partial charge is 0.497 e. The van der Waals surface area contributed by atoms with Gasteiger partial charge in [-0.15, -0.1) is 0 Å².